The number of carboxylic acids is 1. The van der Waals surface area contributed by atoms with E-state index in [1.807, 2.05) is 24.3 Å². The van der Waals surface area contributed by atoms with Gasteiger partial charge in [-0.25, -0.2) is 14.3 Å². The Hall–Kier alpha value is -4.21. The number of carbonyl (C=O) groups excluding carboxylic acids is 2. The van der Waals surface area contributed by atoms with Gasteiger partial charge in [0.25, 0.3) is 0 Å². The number of fused-ring (bicyclic) bond motifs is 3. The molecule has 1 aliphatic carbocycles. The van der Waals surface area contributed by atoms with Gasteiger partial charge in [-0.15, -0.1) is 5.10 Å². The number of ether oxygens (including phenoxy) is 1. The number of carboxylic acid groups (broad SMARTS) is 1. The van der Waals surface area contributed by atoms with Crippen molar-refractivity contribution in [3.8, 4) is 11.1 Å². The highest BCUT2D eigenvalue weighted by molar-refractivity contribution is 5.84. The van der Waals surface area contributed by atoms with Crippen LogP contribution in [0.25, 0.3) is 11.1 Å². The van der Waals surface area contributed by atoms with Gasteiger partial charge < -0.3 is 20.5 Å². The molecule has 10 heteroatoms. The molecule has 2 aromatic carbocycles. The van der Waals surface area contributed by atoms with Gasteiger partial charge in [-0.1, -0.05) is 60.7 Å². The number of nitrogens with one attached hydrogen (secondary N) is 2. The van der Waals surface area contributed by atoms with Crippen molar-refractivity contribution in [3.63, 3.8) is 0 Å². The number of hydrogen-bond donors (Lipinski definition) is 3. The van der Waals surface area contributed by atoms with Crippen LogP contribution < -0.4 is 10.6 Å². The quantitative estimate of drug-likeness (QED) is 0.443. The molecule has 1 aromatic heterocycles. The second kappa shape index (κ2) is 10.2. The van der Waals surface area contributed by atoms with Gasteiger partial charge in [0.15, 0.2) is 5.69 Å². The number of hydrogen-bond acceptors (Lipinski definition) is 6. The molecule has 3 aromatic rings. The van der Waals surface area contributed by atoms with Crippen LogP contribution in [0.5, 0.6) is 0 Å². The van der Waals surface area contributed by atoms with Crippen molar-refractivity contribution in [1.82, 2.24) is 25.6 Å². The first kappa shape index (κ1) is 23.0. The average Bonchev–Trinajstić information content (AvgIpc) is 3.44. The third-order valence-corrected chi connectivity index (χ3v) is 5.74. The van der Waals surface area contributed by atoms with Crippen LogP contribution in [0.1, 0.15) is 34.5 Å². The Labute approximate surface area is 195 Å². The van der Waals surface area contributed by atoms with Crippen LogP contribution in [-0.2, 0) is 16.1 Å². The van der Waals surface area contributed by atoms with Crippen LogP contribution in [0.15, 0.2) is 54.7 Å². The lowest BCUT2D eigenvalue weighted by Gasteiger charge is -2.16. The molecule has 0 saturated heterocycles. The molecule has 0 aliphatic heterocycles. The SMILES string of the molecule is CC(CNC(=O)OCC1c2ccccc2-c2ccccc21)C(=O)NCCn1cc(C(=O)O)nn1. The van der Waals surface area contributed by atoms with Gasteiger partial charge >= 0.3 is 12.1 Å². The van der Waals surface area contributed by atoms with Crippen LogP contribution in [0.3, 0.4) is 0 Å². The van der Waals surface area contributed by atoms with Crippen LogP contribution in [0.2, 0.25) is 0 Å². The van der Waals surface area contributed by atoms with Crippen LogP contribution in [-0.4, -0.2) is 57.8 Å². The predicted molar refractivity (Wildman–Crippen MR) is 122 cm³/mol. The number of aromatic nitrogens is 3. The van der Waals surface area contributed by atoms with Crippen molar-refractivity contribution in [2.24, 2.45) is 5.92 Å². The Morgan fingerprint density at radius 1 is 1.06 bits per heavy atom. The molecule has 1 aliphatic rings. The Balaban J connectivity index is 1.21. The lowest BCUT2D eigenvalue weighted by atomic mass is 9.98. The highest BCUT2D eigenvalue weighted by Crippen LogP contribution is 2.44. The minimum atomic E-state index is -1.16. The van der Waals surface area contributed by atoms with Crippen LogP contribution >= 0.6 is 0 Å². The molecular formula is C24H25N5O5. The average molecular weight is 463 g/mol. The van der Waals surface area contributed by atoms with Crippen LogP contribution in [0.4, 0.5) is 4.79 Å². The summed E-state index contributed by atoms with van der Waals surface area (Å²) in [7, 11) is 0. The second-order valence-corrected chi connectivity index (χ2v) is 8.07. The minimum absolute atomic E-state index is 0.0303. The minimum Gasteiger partial charge on any atom is -0.476 e. The largest absolute Gasteiger partial charge is 0.476 e. The van der Waals surface area contributed by atoms with E-state index in [1.165, 1.54) is 10.9 Å². The van der Waals surface area contributed by atoms with Crippen molar-refractivity contribution >= 4 is 18.0 Å². The Morgan fingerprint density at radius 2 is 1.71 bits per heavy atom. The van der Waals surface area contributed by atoms with Crippen LogP contribution in [0, 0.1) is 5.92 Å². The lowest BCUT2D eigenvalue weighted by Crippen LogP contribution is -2.39. The molecule has 4 rings (SSSR count). The normalized spacial score (nSPS) is 13.0. The maximum atomic E-state index is 12.3. The number of rotatable bonds is 9. The molecule has 0 bridgehead atoms. The zero-order chi connectivity index (χ0) is 24.1. The molecule has 1 heterocycles. The number of alkyl carbamates (subject to hydrolysis) is 1. The van der Waals surface area contributed by atoms with E-state index in [9.17, 15) is 14.4 Å². The molecule has 0 radical (unpaired) electrons. The summed E-state index contributed by atoms with van der Waals surface area (Å²) in [6.07, 6.45) is 0.710. The van der Waals surface area contributed by atoms with E-state index in [-0.39, 0.29) is 43.8 Å². The smallest absolute Gasteiger partial charge is 0.407 e. The predicted octanol–water partition coefficient (Wildman–Crippen LogP) is 2.27. The number of aromatic carboxylic acids is 1. The molecule has 1 unspecified atom stereocenters. The molecule has 0 saturated carbocycles. The molecule has 0 spiro atoms. The number of nitrogens with zero attached hydrogens (tertiary/aromatic N) is 3. The number of carbonyl (C=O) groups is 3. The van der Waals surface area contributed by atoms with E-state index in [4.69, 9.17) is 9.84 Å². The van der Waals surface area contributed by atoms with Gasteiger partial charge in [-0.05, 0) is 22.3 Å². The third kappa shape index (κ3) is 5.06. The van der Waals surface area contributed by atoms with Crippen molar-refractivity contribution in [3.05, 3.63) is 71.5 Å². The molecule has 176 valence electrons. The zero-order valence-corrected chi connectivity index (χ0v) is 18.6. The van der Waals surface area contributed by atoms with Gasteiger partial charge in [0.05, 0.1) is 18.7 Å². The van der Waals surface area contributed by atoms with E-state index < -0.39 is 18.0 Å². The molecule has 34 heavy (non-hydrogen) atoms. The highest BCUT2D eigenvalue weighted by Gasteiger charge is 2.29. The molecule has 3 N–H and O–H groups in total. The molecule has 1 atom stereocenters. The summed E-state index contributed by atoms with van der Waals surface area (Å²) < 4.78 is 6.82. The number of benzene rings is 2. The van der Waals surface area contributed by atoms with Gasteiger partial charge in [0.1, 0.15) is 6.61 Å². The summed E-state index contributed by atoms with van der Waals surface area (Å²) in [5.74, 6) is -1.93. The fraction of sp³-hybridized carbons (Fsp3) is 0.292. The summed E-state index contributed by atoms with van der Waals surface area (Å²) in [5, 5.41) is 21.4. The fourth-order valence-corrected chi connectivity index (χ4v) is 3.95. The first-order chi connectivity index (χ1) is 16.4. The van der Waals surface area contributed by atoms with E-state index in [1.54, 1.807) is 6.92 Å². The summed E-state index contributed by atoms with van der Waals surface area (Å²) >= 11 is 0. The zero-order valence-electron chi connectivity index (χ0n) is 18.6. The third-order valence-electron chi connectivity index (χ3n) is 5.74. The Morgan fingerprint density at radius 3 is 2.32 bits per heavy atom. The monoisotopic (exact) mass is 463 g/mol. The maximum Gasteiger partial charge on any atom is 0.407 e. The van der Waals surface area contributed by atoms with Crippen molar-refractivity contribution in [1.29, 1.82) is 0 Å². The summed E-state index contributed by atoms with van der Waals surface area (Å²) in [6.45, 7) is 2.54. The van der Waals surface area contributed by atoms with E-state index >= 15 is 0 Å². The van der Waals surface area contributed by atoms with Gasteiger partial charge in [-0.3, -0.25) is 4.79 Å². The van der Waals surface area contributed by atoms with Crippen molar-refractivity contribution in [2.75, 3.05) is 19.7 Å². The first-order valence-corrected chi connectivity index (χ1v) is 10.9. The molecule has 10 nitrogen and oxygen atoms in total. The van der Waals surface area contributed by atoms with Gasteiger partial charge in [0.2, 0.25) is 5.91 Å². The van der Waals surface area contributed by atoms with E-state index in [0.29, 0.717) is 0 Å². The van der Waals surface area contributed by atoms with E-state index in [2.05, 4.69) is 45.2 Å². The Bertz CT molecular complexity index is 1160. The molecule has 0 fully saturated rings. The first-order valence-electron chi connectivity index (χ1n) is 10.9. The number of amides is 2. The van der Waals surface area contributed by atoms with Crippen molar-refractivity contribution in [2.45, 2.75) is 19.4 Å². The van der Waals surface area contributed by atoms with Gasteiger partial charge in [-0.2, -0.15) is 0 Å². The topological polar surface area (TPSA) is 135 Å². The summed E-state index contributed by atoms with van der Waals surface area (Å²) in [5.41, 5.74) is 4.41. The standard InChI is InChI=1S/C24H25N5O5/c1-15(22(30)25-10-11-29-13-21(23(31)32)27-28-29)12-26-24(33)34-14-20-18-8-4-2-6-16(18)17-7-3-5-9-19(17)20/h2-9,13,15,20H,10-12,14H2,1H3,(H,25,30)(H,26,33)(H,31,32). The highest BCUT2D eigenvalue weighted by atomic mass is 16.5. The summed E-state index contributed by atoms with van der Waals surface area (Å²) in [6, 6.07) is 16.2. The van der Waals surface area contributed by atoms with E-state index in [0.717, 1.165) is 22.3 Å². The molecular weight excluding hydrogens is 438 g/mol. The Kier molecular flexibility index (Phi) is 6.86. The second-order valence-electron chi connectivity index (χ2n) is 8.07. The fourth-order valence-electron chi connectivity index (χ4n) is 3.95. The summed E-state index contributed by atoms with van der Waals surface area (Å²) in [4.78, 5) is 35.3. The lowest BCUT2D eigenvalue weighted by molar-refractivity contribution is -0.124. The maximum absolute atomic E-state index is 12.3. The van der Waals surface area contributed by atoms with Gasteiger partial charge in [0, 0.05) is 19.0 Å². The molecule has 2 amide bonds. The van der Waals surface area contributed by atoms with Crippen molar-refractivity contribution < 1.29 is 24.2 Å².